The minimum Gasteiger partial charge on any atom is -0.396 e. The molecular formula is C12H16O3S. The van der Waals surface area contributed by atoms with Gasteiger partial charge in [0.15, 0.2) is 9.84 Å². The highest BCUT2D eigenvalue weighted by Crippen LogP contribution is 2.36. The molecule has 0 spiro atoms. The molecule has 3 nitrogen and oxygen atoms in total. The molecular weight excluding hydrogens is 224 g/mol. The van der Waals surface area contributed by atoms with E-state index in [2.05, 4.69) is 0 Å². The van der Waals surface area contributed by atoms with E-state index >= 15 is 0 Å². The molecule has 1 N–H and O–H groups in total. The van der Waals surface area contributed by atoms with Crippen molar-refractivity contribution in [3.8, 4) is 0 Å². The lowest BCUT2D eigenvalue weighted by Gasteiger charge is -2.14. The lowest BCUT2D eigenvalue weighted by atomic mass is 10.0. The Labute approximate surface area is 96.0 Å². The fraction of sp³-hybridized carbons (Fsp3) is 0.500. The first-order valence-corrected chi connectivity index (χ1v) is 7.05. The Kier molecular flexibility index (Phi) is 3.04. The van der Waals surface area contributed by atoms with Crippen molar-refractivity contribution >= 4 is 9.84 Å². The second-order valence-electron chi connectivity index (χ2n) is 4.37. The first-order chi connectivity index (χ1) is 7.57. The van der Waals surface area contributed by atoms with Crippen molar-refractivity contribution in [2.75, 3.05) is 6.61 Å². The van der Waals surface area contributed by atoms with E-state index in [4.69, 9.17) is 5.11 Å². The smallest absolute Gasteiger partial charge is 0.181 e. The van der Waals surface area contributed by atoms with Crippen LogP contribution in [0.4, 0.5) is 0 Å². The third-order valence-electron chi connectivity index (χ3n) is 2.99. The molecule has 1 aromatic rings. The second-order valence-corrected chi connectivity index (χ2v) is 6.56. The molecule has 1 saturated carbocycles. The summed E-state index contributed by atoms with van der Waals surface area (Å²) < 4.78 is 24.3. The van der Waals surface area contributed by atoms with Gasteiger partial charge in [-0.05, 0) is 24.5 Å². The van der Waals surface area contributed by atoms with Gasteiger partial charge in [-0.2, -0.15) is 0 Å². The monoisotopic (exact) mass is 240 g/mol. The van der Waals surface area contributed by atoms with Gasteiger partial charge in [-0.15, -0.1) is 0 Å². The summed E-state index contributed by atoms with van der Waals surface area (Å²) in [4.78, 5) is 0.402. The zero-order chi connectivity index (χ0) is 11.8. The van der Waals surface area contributed by atoms with Crippen molar-refractivity contribution in [2.45, 2.75) is 35.8 Å². The van der Waals surface area contributed by atoms with Crippen LogP contribution in [-0.2, 0) is 9.84 Å². The highest BCUT2D eigenvalue weighted by molar-refractivity contribution is 7.92. The maximum Gasteiger partial charge on any atom is 0.181 e. The molecule has 1 fully saturated rings. The minimum atomic E-state index is -3.16. The van der Waals surface area contributed by atoms with E-state index in [-0.39, 0.29) is 17.8 Å². The lowest BCUT2D eigenvalue weighted by Crippen LogP contribution is -2.12. The predicted molar refractivity (Wildman–Crippen MR) is 62.2 cm³/mol. The van der Waals surface area contributed by atoms with E-state index in [1.165, 1.54) is 0 Å². The van der Waals surface area contributed by atoms with E-state index in [1.54, 1.807) is 18.2 Å². The number of aliphatic hydroxyl groups excluding tert-OH is 1. The van der Waals surface area contributed by atoms with E-state index in [0.717, 1.165) is 18.4 Å². The van der Waals surface area contributed by atoms with Gasteiger partial charge in [-0.25, -0.2) is 8.42 Å². The molecule has 0 saturated heterocycles. The molecule has 1 aromatic carbocycles. The molecule has 88 valence electrons. The maximum atomic E-state index is 12.2. The number of benzene rings is 1. The van der Waals surface area contributed by atoms with Gasteiger partial charge in [-0.1, -0.05) is 25.1 Å². The SMILES string of the molecule is CC(CO)c1ccccc1S(=O)(=O)C1CC1. The predicted octanol–water partition coefficient (Wildman–Crippen LogP) is 1.72. The van der Waals surface area contributed by atoms with Crippen LogP contribution in [0.25, 0.3) is 0 Å². The number of hydrogen-bond acceptors (Lipinski definition) is 3. The van der Waals surface area contributed by atoms with Crippen molar-refractivity contribution in [3.63, 3.8) is 0 Å². The highest BCUT2D eigenvalue weighted by atomic mass is 32.2. The van der Waals surface area contributed by atoms with Crippen LogP contribution in [-0.4, -0.2) is 25.4 Å². The Morgan fingerprint density at radius 3 is 2.56 bits per heavy atom. The topological polar surface area (TPSA) is 54.4 Å². The Morgan fingerprint density at radius 1 is 1.38 bits per heavy atom. The number of sulfone groups is 1. The van der Waals surface area contributed by atoms with Crippen molar-refractivity contribution in [3.05, 3.63) is 29.8 Å². The van der Waals surface area contributed by atoms with Crippen LogP contribution in [0.5, 0.6) is 0 Å². The molecule has 0 aromatic heterocycles. The van der Waals surface area contributed by atoms with Gasteiger partial charge in [-0.3, -0.25) is 0 Å². The maximum absolute atomic E-state index is 12.2. The third kappa shape index (κ3) is 1.99. The standard InChI is InChI=1S/C12H16O3S/c1-9(8-13)11-4-2-3-5-12(11)16(14,15)10-6-7-10/h2-5,9-10,13H,6-8H2,1H3. The van der Waals surface area contributed by atoms with Crippen LogP contribution in [0.2, 0.25) is 0 Å². The fourth-order valence-corrected chi connectivity index (χ4v) is 3.78. The van der Waals surface area contributed by atoms with Crippen molar-refractivity contribution < 1.29 is 13.5 Å². The van der Waals surface area contributed by atoms with Crippen molar-refractivity contribution in [1.29, 1.82) is 0 Å². The molecule has 0 bridgehead atoms. The summed E-state index contributed by atoms with van der Waals surface area (Å²) in [6.45, 7) is 1.80. The molecule has 1 unspecified atom stereocenters. The summed E-state index contributed by atoms with van der Waals surface area (Å²) >= 11 is 0. The Morgan fingerprint density at radius 2 is 2.00 bits per heavy atom. The quantitative estimate of drug-likeness (QED) is 0.871. The normalized spacial score (nSPS) is 18.4. The van der Waals surface area contributed by atoms with Crippen LogP contribution in [0.3, 0.4) is 0 Å². The zero-order valence-electron chi connectivity index (χ0n) is 9.26. The Hall–Kier alpha value is -0.870. The van der Waals surface area contributed by atoms with Crippen LogP contribution in [0.15, 0.2) is 29.2 Å². The fourth-order valence-electron chi connectivity index (χ4n) is 1.80. The summed E-state index contributed by atoms with van der Waals surface area (Å²) in [7, 11) is -3.16. The second kappa shape index (κ2) is 4.18. The third-order valence-corrected chi connectivity index (χ3v) is 5.33. The van der Waals surface area contributed by atoms with Gasteiger partial charge in [0.05, 0.1) is 10.1 Å². The Bertz CT molecular complexity index is 475. The summed E-state index contributed by atoms with van der Waals surface area (Å²) in [5.74, 6) is -0.135. The molecule has 0 aliphatic heterocycles. The number of hydrogen-bond donors (Lipinski definition) is 1. The van der Waals surface area contributed by atoms with Crippen LogP contribution >= 0.6 is 0 Å². The highest BCUT2D eigenvalue weighted by Gasteiger charge is 2.38. The van der Waals surface area contributed by atoms with Gasteiger partial charge in [0.25, 0.3) is 0 Å². The summed E-state index contributed by atoms with van der Waals surface area (Å²) in [6, 6.07) is 6.99. The van der Waals surface area contributed by atoms with Gasteiger partial charge < -0.3 is 5.11 Å². The average Bonchev–Trinajstić information content (AvgIpc) is 3.12. The lowest BCUT2D eigenvalue weighted by molar-refractivity contribution is 0.272. The van der Waals surface area contributed by atoms with Gasteiger partial charge in [0.2, 0.25) is 0 Å². The van der Waals surface area contributed by atoms with E-state index in [0.29, 0.717) is 4.90 Å². The van der Waals surface area contributed by atoms with Crippen LogP contribution in [0.1, 0.15) is 31.2 Å². The van der Waals surface area contributed by atoms with E-state index in [9.17, 15) is 8.42 Å². The van der Waals surface area contributed by atoms with Crippen molar-refractivity contribution in [2.24, 2.45) is 0 Å². The molecule has 1 atom stereocenters. The number of rotatable bonds is 4. The molecule has 16 heavy (non-hydrogen) atoms. The van der Waals surface area contributed by atoms with Crippen molar-refractivity contribution in [1.82, 2.24) is 0 Å². The van der Waals surface area contributed by atoms with Crippen LogP contribution in [0, 0.1) is 0 Å². The first-order valence-electron chi connectivity index (χ1n) is 5.51. The van der Waals surface area contributed by atoms with E-state index in [1.807, 2.05) is 13.0 Å². The zero-order valence-corrected chi connectivity index (χ0v) is 10.1. The summed E-state index contributed by atoms with van der Waals surface area (Å²) in [5.41, 5.74) is 0.733. The van der Waals surface area contributed by atoms with Crippen LogP contribution < -0.4 is 0 Å². The molecule has 2 rings (SSSR count). The molecule has 1 aliphatic carbocycles. The molecule has 1 aliphatic rings. The largest absolute Gasteiger partial charge is 0.396 e. The van der Waals surface area contributed by atoms with Gasteiger partial charge >= 0.3 is 0 Å². The molecule has 0 radical (unpaired) electrons. The summed E-state index contributed by atoms with van der Waals surface area (Å²) in [5, 5.41) is 8.94. The molecule has 0 amide bonds. The van der Waals surface area contributed by atoms with Gasteiger partial charge in [0, 0.05) is 12.5 Å². The van der Waals surface area contributed by atoms with Gasteiger partial charge in [0.1, 0.15) is 0 Å². The summed E-state index contributed by atoms with van der Waals surface area (Å²) in [6.07, 6.45) is 1.54. The Balaban J connectivity index is 2.48. The number of aliphatic hydroxyl groups is 1. The van der Waals surface area contributed by atoms with E-state index < -0.39 is 9.84 Å². The minimum absolute atomic E-state index is 0.0306. The molecule has 0 heterocycles. The first kappa shape index (κ1) is 11.6. The average molecular weight is 240 g/mol. The molecule has 4 heteroatoms.